The van der Waals surface area contributed by atoms with Crippen molar-refractivity contribution >= 4 is 33.6 Å². The quantitative estimate of drug-likeness (QED) is 0.720. The van der Waals surface area contributed by atoms with Crippen molar-refractivity contribution in [2.45, 2.75) is 31.3 Å². The highest BCUT2D eigenvalue weighted by Gasteiger charge is 2.34. The van der Waals surface area contributed by atoms with Crippen LogP contribution in [0.25, 0.3) is 0 Å². The number of hydrogen-bond acceptors (Lipinski definition) is 6. The van der Waals surface area contributed by atoms with Crippen LogP contribution in [0.5, 0.6) is 0 Å². The molecule has 10 nitrogen and oxygen atoms in total. The van der Waals surface area contributed by atoms with Gasteiger partial charge in [0.25, 0.3) is 21.8 Å². The van der Waals surface area contributed by atoms with Gasteiger partial charge >= 0.3 is 6.09 Å². The molecule has 3 amide bonds. The van der Waals surface area contributed by atoms with E-state index in [1.54, 1.807) is 25.7 Å². The molecule has 0 spiro atoms. The van der Waals surface area contributed by atoms with Gasteiger partial charge in [-0.25, -0.2) is 17.2 Å². The Hall–Kier alpha value is -3.34. The number of aromatic nitrogens is 1. The highest BCUT2D eigenvalue weighted by Crippen LogP contribution is 2.29. The third-order valence-corrected chi connectivity index (χ3v) is 6.88. The first-order valence-electron chi connectivity index (χ1n) is 10.1. The number of benzene rings is 1. The van der Waals surface area contributed by atoms with Crippen LogP contribution in [0.15, 0.2) is 41.4 Å². The minimum Gasteiger partial charge on any atom is -0.444 e. The van der Waals surface area contributed by atoms with Gasteiger partial charge in [0.2, 0.25) is 0 Å². The zero-order chi connectivity index (χ0) is 23.3. The number of hydrogen-bond donors (Lipinski definition) is 2. The summed E-state index contributed by atoms with van der Waals surface area (Å²) < 4.78 is 32.0. The van der Waals surface area contributed by atoms with E-state index in [1.165, 1.54) is 36.5 Å². The Kier molecular flexibility index (Phi) is 5.24. The largest absolute Gasteiger partial charge is 0.444 e. The van der Waals surface area contributed by atoms with E-state index < -0.39 is 27.4 Å². The van der Waals surface area contributed by atoms with Crippen LogP contribution in [-0.4, -0.2) is 60.4 Å². The van der Waals surface area contributed by atoms with Crippen LogP contribution < -0.4 is 10.6 Å². The zero-order valence-corrected chi connectivity index (χ0v) is 18.7. The average Bonchev–Trinajstić information content (AvgIpc) is 3.13. The number of rotatable bonds is 3. The molecule has 1 saturated heterocycles. The van der Waals surface area contributed by atoms with Crippen LogP contribution >= 0.6 is 0 Å². The van der Waals surface area contributed by atoms with E-state index >= 15 is 0 Å². The number of nitrogens with zero attached hydrogens (tertiary/aromatic N) is 2. The van der Waals surface area contributed by atoms with E-state index in [2.05, 4.69) is 10.6 Å². The highest BCUT2D eigenvalue weighted by atomic mass is 32.2. The van der Waals surface area contributed by atoms with Gasteiger partial charge in [-0.05, 0) is 51.1 Å². The lowest BCUT2D eigenvalue weighted by atomic mass is 10.0. The van der Waals surface area contributed by atoms with Crippen molar-refractivity contribution in [2.75, 3.05) is 25.0 Å². The van der Waals surface area contributed by atoms with E-state index in [0.717, 1.165) is 3.97 Å². The first-order chi connectivity index (χ1) is 15.0. The Morgan fingerprint density at radius 2 is 1.94 bits per heavy atom. The summed E-state index contributed by atoms with van der Waals surface area (Å²) in [5.74, 6) is -0.885. The molecule has 4 rings (SSSR count). The summed E-state index contributed by atoms with van der Waals surface area (Å²) in [6, 6.07) is 6.94. The van der Waals surface area contributed by atoms with Crippen LogP contribution in [0.2, 0.25) is 0 Å². The van der Waals surface area contributed by atoms with Gasteiger partial charge in [-0.1, -0.05) is 0 Å². The molecule has 0 unspecified atom stereocenters. The summed E-state index contributed by atoms with van der Waals surface area (Å²) in [5.41, 5.74) is -0.306. The van der Waals surface area contributed by atoms with Gasteiger partial charge in [0, 0.05) is 37.3 Å². The van der Waals surface area contributed by atoms with Gasteiger partial charge < -0.3 is 20.3 Å². The van der Waals surface area contributed by atoms with Gasteiger partial charge in [0.1, 0.15) is 16.2 Å². The number of carbonyl (C=O) groups excluding carboxylic acids is 3. The van der Waals surface area contributed by atoms with Crippen molar-refractivity contribution in [1.29, 1.82) is 0 Å². The normalized spacial score (nSPS) is 17.3. The van der Waals surface area contributed by atoms with Crippen LogP contribution in [0, 0.1) is 5.92 Å². The Morgan fingerprint density at radius 1 is 1.22 bits per heavy atom. The second-order valence-electron chi connectivity index (χ2n) is 8.82. The lowest BCUT2D eigenvalue weighted by Crippen LogP contribution is -2.54. The minimum absolute atomic E-state index is 0.00766. The minimum atomic E-state index is -3.97. The van der Waals surface area contributed by atoms with Crippen LogP contribution in [-0.2, 0) is 14.8 Å². The molecule has 0 bridgehead atoms. The lowest BCUT2D eigenvalue weighted by molar-refractivity contribution is -0.000544. The number of nitrogens with one attached hydrogen (secondary N) is 2. The van der Waals surface area contributed by atoms with Crippen molar-refractivity contribution in [3.05, 3.63) is 47.8 Å². The van der Waals surface area contributed by atoms with Crippen molar-refractivity contribution in [3.63, 3.8) is 0 Å². The molecule has 2 N–H and O–H groups in total. The SMILES string of the molecule is CC(C)(C)OC(=O)N1CC(CNC(=O)c2ccc3c(c2)NC(=O)c2cccn2S3(=O)=O)C1. The molecule has 3 heterocycles. The fraction of sp³-hybridized carbons (Fsp3) is 0.381. The molecule has 2 aliphatic heterocycles. The second kappa shape index (κ2) is 7.66. The Morgan fingerprint density at radius 3 is 2.62 bits per heavy atom. The van der Waals surface area contributed by atoms with Crippen LogP contribution in [0.4, 0.5) is 10.5 Å². The molecule has 1 fully saturated rings. The number of carbonyl (C=O) groups is 3. The smallest absolute Gasteiger partial charge is 0.410 e. The Bertz CT molecular complexity index is 1210. The number of ether oxygens (including phenoxy) is 1. The zero-order valence-electron chi connectivity index (χ0n) is 17.9. The summed E-state index contributed by atoms with van der Waals surface area (Å²) in [6.45, 7) is 6.71. The maximum absolute atomic E-state index is 12.9. The van der Waals surface area contributed by atoms with E-state index in [0.29, 0.717) is 19.6 Å². The number of fused-ring (bicyclic) bond motifs is 2. The van der Waals surface area contributed by atoms with E-state index in [-0.39, 0.29) is 33.9 Å². The molecule has 170 valence electrons. The first kappa shape index (κ1) is 21.9. The fourth-order valence-corrected chi connectivity index (χ4v) is 5.02. The summed E-state index contributed by atoms with van der Waals surface area (Å²) in [4.78, 5) is 38.4. The van der Waals surface area contributed by atoms with Gasteiger partial charge in [-0.2, -0.15) is 0 Å². The summed E-state index contributed by atoms with van der Waals surface area (Å²) in [7, 11) is -3.97. The van der Waals surface area contributed by atoms with Crippen molar-refractivity contribution in [3.8, 4) is 0 Å². The van der Waals surface area contributed by atoms with Gasteiger partial charge in [0.15, 0.2) is 0 Å². The van der Waals surface area contributed by atoms with E-state index in [4.69, 9.17) is 4.74 Å². The summed E-state index contributed by atoms with van der Waals surface area (Å²) in [6.07, 6.45) is 0.923. The van der Waals surface area contributed by atoms with Crippen LogP contribution in [0.1, 0.15) is 41.6 Å². The fourth-order valence-electron chi connectivity index (χ4n) is 3.55. The molecule has 0 radical (unpaired) electrons. The predicted molar refractivity (Wildman–Crippen MR) is 115 cm³/mol. The van der Waals surface area contributed by atoms with Gasteiger partial charge in [-0.15, -0.1) is 0 Å². The maximum atomic E-state index is 12.9. The Balaban J connectivity index is 1.40. The molecule has 1 aromatic heterocycles. The predicted octanol–water partition coefficient (Wildman–Crippen LogP) is 1.89. The maximum Gasteiger partial charge on any atom is 0.410 e. The van der Waals surface area contributed by atoms with Crippen molar-refractivity contribution in [1.82, 2.24) is 14.2 Å². The highest BCUT2D eigenvalue weighted by molar-refractivity contribution is 7.90. The molecule has 11 heteroatoms. The molecule has 2 aromatic rings. The summed E-state index contributed by atoms with van der Waals surface area (Å²) in [5, 5.41) is 5.35. The Labute approximate surface area is 185 Å². The molecule has 0 atom stereocenters. The topological polar surface area (TPSA) is 127 Å². The van der Waals surface area contributed by atoms with Crippen molar-refractivity contribution in [2.24, 2.45) is 5.92 Å². The molecular formula is C21H24N4O6S. The average molecular weight is 461 g/mol. The molecule has 32 heavy (non-hydrogen) atoms. The number of amides is 3. The van der Waals surface area contributed by atoms with E-state index in [9.17, 15) is 22.8 Å². The van der Waals surface area contributed by atoms with Gasteiger partial charge in [0.05, 0.1) is 5.69 Å². The molecular weight excluding hydrogens is 436 g/mol. The third-order valence-electron chi connectivity index (χ3n) is 5.13. The first-order valence-corrected chi connectivity index (χ1v) is 11.5. The summed E-state index contributed by atoms with van der Waals surface area (Å²) >= 11 is 0. The third kappa shape index (κ3) is 4.07. The van der Waals surface area contributed by atoms with E-state index in [1.807, 2.05) is 0 Å². The monoisotopic (exact) mass is 460 g/mol. The number of likely N-dealkylation sites (tertiary alicyclic amines) is 1. The van der Waals surface area contributed by atoms with Gasteiger partial charge in [-0.3, -0.25) is 9.59 Å². The molecule has 2 aliphatic rings. The number of anilines is 1. The molecule has 1 aromatic carbocycles. The standard InChI is InChI=1S/C21H24N4O6S/c1-21(2,3)31-20(28)24-11-13(12-24)10-22-18(26)14-6-7-17-15(9-14)23-19(27)16-5-4-8-25(16)32(17,29)30/h4-9,13H,10-12H2,1-3H3,(H,22,26)(H,23,27). The lowest BCUT2D eigenvalue weighted by Gasteiger charge is -2.39. The van der Waals surface area contributed by atoms with Crippen molar-refractivity contribution < 1.29 is 27.5 Å². The van der Waals surface area contributed by atoms with Crippen LogP contribution in [0.3, 0.4) is 0 Å². The molecule has 0 saturated carbocycles. The second-order valence-corrected chi connectivity index (χ2v) is 10.6. The molecule has 0 aliphatic carbocycles.